The Morgan fingerprint density at radius 2 is 0.848 bits per heavy atom. The van der Waals surface area contributed by atoms with Gasteiger partial charge in [0.05, 0.1) is 133 Å². The number of hydrogen-bond donors (Lipinski definition) is 0. The largest absolute Gasteiger partial charge is 0.469 e. The van der Waals surface area contributed by atoms with Crippen molar-refractivity contribution in [3.05, 3.63) is 0 Å². The first-order valence-corrected chi connectivity index (χ1v) is 55.5. The maximum Gasteiger partial charge on any atom is 0.312 e. The molecule has 9 aliphatic heterocycles. The number of rotatable bonds is 25. The molecule has 14 aliphatic carbocycles. The summed E-state index contributed by atoms with van der Waals surface area (Å²) in [5, 5.41) is 0. The van der Waals surface area contributed by atoms with E-state index in [0.29, 0.717) is 131 Å². The van der Waals surface area contributed by atoms with Gasteiger partial charge in [-0.05, 0) is 261 Å². The van der Waals surface area contributed by atoms with Gasteiger partial charge in [-0.15, -0.1) is 0 Å². The highest BCUT2D eigenvalue weighted by molar-refractivity contribution is 5.89. The lowest BCUT2D eigenvalue weighted by molar-refractivity contribution is -0.181. The zero-order chi connectivity index (χ0) is 104. The molecular weight excluding hydrogens is 1870 g/mol. The molecule has 0 N–H and O–H groups in total. The fraction of sp³-hybridized carbons (Fsp3) is 0.857. The second-order valence-corrected chi connectivity index (χ2v) is 49.5. The molecule has 14 saturated carbocycles. The van der Waals surface area contributed by atoms with Crippen molar-refractivity contribution in [2.45, 2.75) is 396 Å². The first kappa shape index (κ1) is 108. The van der Waals surface area contributed by atoms with Crippen LogP contribution in [-0.4, -0.2) is 208 Å². The lowest BCUT2D eigenvalue weighted by atomic mass is 9.71. The zero-order valence-corrected chi connectivity index (χ0v) is 88.5. The fourth-order valence-electron chi connectivity index (χ4n) is 30.5. The molecule has 0 radical (unpaired) electrons. The van der Waals surface area contributed by atoms with E-state index in [4.69, 9.17) is 80.5 Å². The van der Waals surface area contributed by atoms with Gasteiger partial charge in [-0.25, -0.2) is 0 Å². The van der Waals surface area contributed by atoms with Crippen LogP contribution in [-0.2, 0) is 157 Å². The van der Waals surface area contributed by atoms with Crippen LogP contribution in [0.5, 0.6) is 0 Å². The van der Waals surface area contributed by atoms with Gasteiger partial charge in [-0.1, -0.05) is 90.0 Å². The van der Waals surface area contributed by atoms with Gasteiger partial charge in [0.15, 0.2) is 12.2 Å². The van der Waals surface area contributed by atoms with Gasteiger partial charge < -0.3 is 80.5 Å². The molecule has 41 unspecified atom stereocenters. The van der Waals surface area contributed by atoms with Crippen molar-refractivity contribution in [2.24, 2.45) is 175 Å². The second kappa shape index (κ2) is 42.0. The number of hydrogen-bond acceptors (Lipinski definition) is 33. The highest BCUT2D eigenvalue weighted by Crippen LogP contribution is 2.67. The average Bonchev–Trinajstić information content (AvgIpc) is 1.54. The van der Waals surface area contributed by atoms with Crippen LogP contribution in [0.15, 0.2) is 0 Å². The molecule has 16 bridgehead atoms. The summed E-state index contributed by atoms with van der Waals surface area (Å²) < 4.78 is 93.4. The summed E-state index contributed by atoms with van der Waals surface area (Å²) in [6.45, 7) is 34.9. The van der Waals surface area contributed by atoms with E-state index in [-0.39, 0.29) is 219 Å². The molecule has 806 valence electrons. The Morgan fingerprint density at radius 3 is 1.28 bits per heavy atom. The first-order chi connectivity index (χ1) is 68.8. The summed E-state index contributed by atoms with van der Waals surface area (Å²) in [7, 11) is 1.31. The second-order valence-electron chi connectivity index (χ2n) is 49.5. The SMILES string of the molecule is CCC(C)(C)C(=O)OC1C2CC3C(=O)OC1C3O2.CCC(C)(C)C(=O)OC1C2CC3C1OC(=O)C3C2C(=O)OC.CCC(C)C(=O)OC1C2CC3C1OC(=O)C3C2C(=O)OC1(CC)CC2CCC1C2.CCC(C)C(=O)OC1CC2CC1C1(CCOC1=O)C2.CCC(C)C(=O)OC1CC2CC1C1(COC(=O)C1)C2.CCC(C)C(=O)OC1CC2CC1CC21CCOC1=O.CCC(C)C(=O)OC1CC2CC1CC21COC(=O)C1. The number of esters is 16. The van der Waals surface area contributed by atoms with Gasteiger partial charge in [0.25, 0.3) is 0 Å². The van der Waals surface area contributed by atoms with Crippen LogP contribution in [0.3, 0.4) is 0 Å². The van der Waals surface area contributed by atoms with E-state index in [9.17, 15) is 76.7 Å². The van der Waals surface area contributed by atoms with Crippen molar-refractivity contribution >= 4 is 95.5 Å². The molecule has 41 atom stereocenters. The summed E-state index contributed by atoms with van der Waals surface area (Å²) in [6.07, 6.45) is 24.1. The fourth-order valence-corrected chi connectivity index (χ4v) is 30.5. The van der Waals surface area contributed by atoms with Crippen molar-refractivity contribution in [3.63, 3.8) is 0 Å². The van der Waals surface area contributed by atoms with Gasteiger partial charge in [0, 0.05) is 46.3 Å². The molecular formula is C112H160O33. The molecule has 33 heteroatoms. The van der Waals surface area contributed by atoms with E-state index >= 15 is 0 Å². The zero-order valence-electron chi connectivity index (χ0n) is 88.5. The number of cyclic esters (lactones) is 4. The van der Waals surface area contributed by atoms with E-state index < -0.39 is 77.1 Å². The summed E-state index contributed by atoms with van der Waals surface area (Å²) >= 11 is 0. The third-order valence-corrected chi connectivity index (χ3v) is 40.9. The Labute approximate surface area is 852 Å². The van der Waals surface area contributed by atoms with Crippen molar-refractivity contribution in [1.29, 1.82) is 0 Å². The van der Waals surface area contributed by atoms with E-state index in [1.807, 2.05) is 111 Å². The summed E-state index contributed by atoms with van der Waals surface area (Å²) in [5.41, 5.74) is -1.99. The van der Waals surface area contributed by atoms with Crippen molar-refractivity contribution < 1.29 is 157 Å². The summed E-state index contributed by atoms with van der Waals surface area (Å²) in [5.74, 6) is -1.31. The number of carbonyl (C=O) groups excluding carboxylic acids is 16. The third kappa shape index (κ3) is 19.8. The molecule has 0 aromatic heterocycles. The van der Waals surface area contributed by atoms with E-state index in [1.165, 1.54) is 13.5 Å². The van der Waals surface area contributed by atoms with Crippen LogP contribution in [0.4, 0.5) is 0 Å². The standard InChI is InChI=1S/C23H32O6.C16H22O6.4C15H22O4.C13H18O5/c1-4-11(3)20(24)27-18-15-9-14-16(21(25)28-19(14)18)17(15)22(26)29-23(5-2)10-12-6-7-13(23)8-12;1-5-16(2,3)15(19)22-12-7-6-8-10(9(7)13(17)20-4)14(18)21-11(8)12;1-3-9(2)14(17)19-12-5-11-4-10(12)6-15(11)7-13(16)18-8-15;1-3-9(2)14(17)19-12-5-10-4-11(12)15(6-10)7-13(16)18-8-15;1-3-9(2)13(16)19-12-7-11-6-10(12)8-15(11)4-5-18-14(15)17;1-3-9(2)13(16)19-12-7-10-6-11(12)15(8-10)4-5-18-14(15)17;1-4-13(2,3)12(15)18-9-7-5-6-8(16-7)10(9)17-11(6)14/h11-19H,4-10H2,1-3H3;7-12H,5-6H2,1-4H3;4*9-12H,3-8H2,1-2H3;6-10H,4-5H2,1-3H3. The molecule has 23 rings (SSSR count). The molecule has 23 aliphatic rings. The van der Waals surface area contributed by atoms with Crippen LogP contribution < -0.4 is 0 Å². The van der Waals surface area contributed by atoms with E-state index in [0.717, 1.165) is 141 Å². The summed E-state index contributed by atoms with van der Waals surface area (Å²) in [4.78, 5) is 193. The van der Waals surface area contributed by atoms with Gasteiger partial charge in [-0.2, -0.15) is 0 Å². The van der Waals surface area contributed by atoms with Crippen molar-refractivity contribution in [3.8, 4) is 0 Å². The summed E-state index contributed by atoms with van der Waals surface area (Å²) in [6, 6.07) is 0. The predicted octanol–water partition coefficient (Wildman–Crippen LogP) is 14.9. The number of carbonyl (C=O) groups is 16. The molecule has 33 nitrogen and oxygen atoms in total. The molecule has 23 fully saturated rings. The van der Waals surface area contributed by atoms with Gasteiger partial charge in [0.2, 0.25) is 0 Å². The number of methoxy groups -OCH3 is 1. The highest BCUT2D eigenvalue weighted by Gasteiger charge is 2.75. The highest BCUT2D eigenvalue weighted by atomic mass is 16.7. The van der Waals surface area contributed by atoms with Crippen LogP contribution in [0.1, 0.15) is 317 Å². The predicted molar refractivity (Wildman–Crippen MR) is 510 cm³/mol. The topological polar surface area (TPSA) is 430 Å². The van der Waals surface area contributed by atoms with Crippen molar-refractivity contribution in [1.82, 2.24) is 0 Å². The maximum absolute atomic E-state index is 13.4. The van der Waals surface area contributed by atoms with E-state index in [2.05, 4.69) is 6.92 Å². The quantitative estimate of drug-likeness (QED) is 0.0605. The van der Waals surface area contributed by atoms with Crippen molar-refractivity contribution in [2.75, 3.05) is 33.5 Å². The Bertz CT molecular complexity index is 4940. The molecule has 0 aromatic carbocycles. The Kier molecular flexibility index (Phi) is 31.2. The average molecular weight is 2030 g/mol. The minimum Gasteiger partial charge on any atom is -0.469 e. The van der Waals surface area contributed by atoms with Crippen LogP contribution in [0.2, 0.25) is 0 Å². The van der Waals surface area contributed by atoms with Gasteiger partial charge in [-0.3, -0.25) is 76.7 Å². The minimum atomic E-state index is -0.593. The molecule has 0 aromatic rings. The molecule has 9 saturated heterocycles. The number of fused-ring (bicyclic) bond motifs is 17. The Balaban J connectivity index is 0.000000117. The van der Waals surface area contributed by atoms with E-state index in [1.54, 1.807) is 0 Å². The van der Waals surface area contributed by atoms with Crippen LogP contribution in [0, 0.1) is 175 Å². The normalized spacial score (nSPS) is 42.2. The maximum atomic E-state index is 13.4. The first-order valence-electron chi connectivity index (χ1n) is 55.5. The smallest absolute Gasteiger partial charge is 0.312 e. The lowest BCUT2D eigenvalue weighted by Gasteiger charge is -2.39. The Morgan fingerprint density at radius 1 is 0.393 bits per heavy atom. The molecule has 145 heavy (non-hydrogen) atoms. The van der Waals surface area contributed by atoms with Crippen LogP contribution in [0.25, 0.3) is 0 Å². The van der Waals surface area contributed by atoms with Crippen LogP contribution >= 0.6 is 0 Å². The lowest BCUT2D eigenvalue weighted by Crippen LogP contribution is -2.47. The molecule has 9 heterocycles. The molecule has 4 spiro atoms. The van der Waals surface area contributed by atoms with Gasteiger partial charge >= 0.3 is 95.5 Å². The third-order valence-electron chi connectivity index (χ3n) is 40.9. The van der Waals surface area contributed by atoms with Gasteiger partial charge in [0.1, 0.15) is 60.5 Å². The minimum absolute atomic E-state index is 0.00768. The number of ether oxygens (including phenoxy) is 17. The molecule has 0 amide bonds. The Hall–Kier alpha value is -8.52. The monoisotopic (exact) mass is 2030 g/mol.